The molecule has 0 saturated heterocycles. The fourth-order valence-electron chi connectivity index (χ4n) is 3.84. The second-order valence-corrected chi connectivity index (χ2v) is 8.20. The number of rotatable bonds is 6. The van der Waals surface area contributed by atoms with Crippen LogP contribution in [0.25, 0.3) is 22.3 Å². The lowest BCUT2D eigenvalue weighted by Gasteiger charge is -2.08. The van der Waals surface area contributed by atoms with Gasteiger partial charge in [0.15, 0.2) is 0 Å². The van der Waals surface area contributed by atoms with Gasteiger partial charge in [-0.15, -0.1) is 0 Å². The van der Waals surface area contributed by atoms with E-state index in [4.69, 9.17) is 21.1 Å². The van der Waals surface area contributed by atoms with Gasteiger partial charge in [-0.05, 0) is 55.3 Å². The third-order valence-electron chi connectivity index (χ3n) is 5.73. The molecule has 2 heterocycles. The van der Waals surface area contributed by atoms with Crippen molar-refractivity contribution < 1.29 is 14.3 Å². The molecule has 0 spiro atoms. The van der Waals surface area contributed by atoms with Crippen LogP contribution in [0.1, 0.15) is 22.6 Å². The maximum Gasteiger partial charge on any atom is 0.312 e. The summed E-state index contributed by atoms with van der Waals surface area (Å²) in [5.41, 5.74) is 6.10. The van der Waals surface area contributed by atoms with E-state index >= 15 is 0 Å². The second-order valence-electron chi connectivity index (χ2n) is 7.77. The molecule has 0 amide bonds. The van der Waals surface area contributed by atoms with Crippen LogP contribution < -0.4 is 4.74 Å². The van der Waals surface area contributed by atoms with Gasteiger partial charge in [0.05, 0.1) is 36.0 Å². The molecule has 0 bridgehead atoms. The Labute approximate surface area is 191 Å². The van der Waals surface area contributed by atoms with Crippen LogP contribution in [0.15, 0.2) is 36.4 Å². The highest BCUT2D eigenvalue weighted by Crippen LogP contribution is 2.34. The number of aromatic nitrogens is 4. The van der Waals surface area contributed by atoms with Crippen LogP contribution in [-0.2, 0) is 36.7 Å². The molecule has 0 atom stereocenters. The van der Waals surface area contributed by atoms with E-state index in [0.29, 0.717) is 10.8 Å². The molecule has 0 saturated carbocycles. The number of nitrogens with zero attached hydrogens (tertiary/aromatic N) is 4. The van der Waals surface area contributed by atoms with Crippen LogP contribution >= 0.6 is 11.6 Å². The number of carbonyl (C=O) groups excluding carboxylic acids is 1. The molecule has 166 valence electrons. The fraction of sp³-hybridized carbons (Fsp3) is 0.292. The molecule has 0 aliphatic heterocycles. The van der Waals surface area contributed by atoms with E-state index < -0.39 is 0 Å². The predicted molar refractivity (Wildman–Crippen MR) is 124 cm³/mol. The van der Waals surface area contributed by atoms with Crippen molar-refractivity contribution in [2.45, 2.75) is 26.9 Å². The summed E-state index contributed by atoms with van der Waals surface area (Å²) in [6.07, 6.45) is 0.121. The number of imidazole rings is 1. The monoisotopic (exact) mass is 452 g/mol. The molecule has 2 aromatic heterocycles. The number of esters is 1. The Bertz CT molecular complexity index is 1320. The van der Waals surface area contributed by atoms with Crippen LogP contribution in [0.4, 0.5) is 0 Å². The minimum atomic E-state index is -0.317. The summed E-state index contributed by atoms with van der Waals surface area (Å²) < 4.78 is 14.7. The molecule has 4 aromatic rings. The van der Waals surface area contributed by atoms with Crippen molar-refractivity contribution in [2.24, 2.45) is 14.1 Å². The number of ether oxygens (including phenoxy) is 2. The lowest BCUT2D eigenvalue weighted by molar-refractivity contribution is -0.144. The Hall–Kier alpha value is -3.32. The first-order chi connectivity index (χ1) is 15.3. The Morgan fingerprint density at radius 1 is 1.12 bits per heavy atom. The van der Waals surface area contributed by atoms with E-state index in [1.54, 1.807) is 23.9 Å². The molecule has 7 nitrogen and oxygen atoms in total. The van der Waals surface area contributed by atoms with Gasteiger partial charge in [-0.1, -0.05) is 17.7 Å². The minimum Gasteiger partial charge on any atom is -0.496 e. The third-order valence-corrected chi connectivity index (χ3v) is 5.96. The van der Waals surface area contributed by atoms with E-state index in [1.807, 2.05) is 56.8 Å². The Morgan fingerprint density at radius 3 is 2.66 bits per heavy atom. The van der Waals surface area contributed by atoms with E-state index in [1.165, 1.54) is 0 Å². The average molecular weight is 453 g/mol. The van der Waals surface area contributed by atoms with E-state index in [9.17, 15) is 4.79 Å². The Morgan fingerprint density at radius 2 is 1.91 bits per heavy atom. The first-order valence-electron chi connectivity index (χ1n) is 10.2. The lowest BCUT2D eigenvalue weighted by Crippen LogP contribution is -2.12. The summed E-state index contributed by atoms with van der Waals surface area (Å²) in [4.78, 5) is 17.1. The molecular formula is C24H25ClN4O3. The zero-order valence-electron chi connectivity index (χ0n) is 18.8. The molecule has 32 heavy (non-hydrogen) atoms. The van der Waals surface area contributed by atoms with E-state index in [2.05, 4.69) is 10.1 Å². The van der Waals surface area contributed by atoms with Gasteiger partial charge < -0.3 is 14.0 Å². The number of carbonyl (C=O) groups is 1. The van der Waals surface area contributed by atoms with E-state index in [0.717, 1.165) is 44.9 Å². The highest BCUT2D eigenvalue weighted by Gasteiger charge is 2.20. The quantitative estimate of drug-likeness (QED) is 0.402. The summed E-state index contributed by atoms with van der Waals surface area (Å²) in [7, 11) is 5.39. The van der Waals surface area contributed by atoms with Gasteiger partial charge in [-0.25, -0.2) is 4.98 Å². The van der Waals surface area contributed by atoms with Crippen LogP contribution in [-0.4, -0.2) is 32.4 Å². The minimum absolute atomic E-state index is 0.121. The van der Waals surface area contributed by atoms with Gasteiger partial charge in [0, 0.05) is 24.7 Å². The number of benzene rings is 2. The molecular weight excluding hydrogens is 428 g/mol. The summed E-state index contributed by atoms with van der Waals surface area (Å²) in [5.74, 6) is 1.25. The van der Waals surface area contributed by atoms with Crippen molar-refractivity contribution in [2.75, 3.05) is 7.11 Å². The predicted octanol–water partition coefficient (Wildman–Crippen LogP) is 4.54. The zero-order chi connectivity index (χ0) is 23.0. The smallest absolute Gasteiger partial charge is 0.312 e. The number of aryl methyl sites for hydroxylation is 3. The van der Waals surface area contributed by atoms with Crippen molar-refractivity contribution in [1.82, 2.24) is 19.3 Å². The molecule has 0 radical (unpaired) electrons. The van der Waals surface area contributed by atoms with Gasteiger partial charge >= 0.3 is 5.97 Å². The van der Waals surface area contributed by atoms with Gasteiger partial charge in [0.2, 0.25) is 0 Å². The number of halogens is 1. The molecule has 0 aliphatic carbocycles. The highest BCUT2D eigenvalue weighted by molar-refractivity contribution is 6.30. The van der Waals surface area contributed by atoms with Crippen molar-refractivity contribution in [3.05, 3.63) is 64.1 Å². The standard InChI is InChI=1S/C24H25ClN4O3/c1-14-21(29(4)27-24(14)18-8-7-17(25)11-22(18)31-5)12-23(30)32-13-16-6-9-20-19(10-16)26-15(2)28(20)3/h6-11H,12-13H2,1-5H3. The average Bonchev–Trinajstić information content (AvgIpc) is 3.21. The van der Waals surface area contributed by atoms with Gasteiger partial charge in [0.1, 0.15) is 18.2 Å². The molecule has 0 aliphatic rings. The molecule has 2 aromatic carbocycles. The molecule has 4 rings (SSSR count). The van der Waals surface area contributed by atoms with Gasteiger partial charge in [-0.2, -0.15) is 5.10 Å². The largest absolute Gasteiger partial charge is 0.496 e. The summed E-state index contributed by atoms with van der Waals surface area (Å²) in [6.45, 7) is 4.10. The van der Waals surface area contributed by atoms with Crippen LogP contribution in [0.2, 0.25) is 5.02 Å². The van der Waals surface area contributed by atoms with Crippen molar-refractivity contribution in [3.63, 3.8) is 0 Å². The number of hydrogen-bond donors (Lipinski definition) is 0. The highest BCUT2D eigenvalue weighted by atomic mass is 35.5. The maximum absolute atomic E-state index is 12.6. The number of hydrogen-bond acceptors (Lipinski definition) is 5. The number of fused-ring (bicyclic) bond motifs is 1. The van der Waals surface area contributed by atoms with Gasteiger partial charge in [-0.3, -0.25) is 9.48 Å². The SMILES string of the molecule is COc1cc(Cl)ccc1-c1nn(C)c(CC(=O)OCc2ccc3c(c2)nc(C)n3C)c1C. The summed E-state index contributed by atoms with van der Waals surface area (Å²) >= 11 is 6.08. The molecule has 0 N–H and O–H groups in total. The first kappa shape index (κ1) is 21.9. The Balaban J connectivity index is 1.49. The Kier molecular flexibility index (Phi) is 5.93. The summed E-state index contributed by atoms with van der Waals surface area (Å²) in [5, 5.41) is 5.20. The van der Waals surface area contributed by atoms with Gasteiger partial charge in [0.25, 0.3) is 0 Å². The van der Waals surface area contributed by atoms with Crippen molar-refractivity contribution in [1.29, 1.82) is 0 Å². The van der Waals surface area contributed by atoms with Crippen LogP contribution in [0.5, 0.6) is 5.75 Å². The lowest BCUT2D eigenvalue weighted by atomic mass is 10.0. The molecule has 8 heteroatoms. The zero-order valence-corrected chi connectivity index (χ0v) is 19.5. The molecule has 0 unspecified atom stereocenters. The number of methoxy groups -OCH3 is 1. The summed E-state index contributed by atoms with van der Waals surface area (Å²) in [6, 6.07) is 11.3. The molecule has 0 fully saturated rings. The van der Waals surface area contributed by atoms with Crippen molar-refractivity contribution in [3.8, 4) is 17.0 Å². The van der Waals surface area contributed by atoms with Crippen LogP contribution in [0.3, 0.4) is 0 Å². The third kappa shape index (κ3) is 4.08. The van der Waals surface area contributed by atoms with E-state index in [-0.39, 0.29) is 19.0 Å². The first-order valence-corrected chi connectivity index (χ1v) is 10.6. The topological polar surface area (TPSA) is 71.2 Å². The maximum atomic E-state index is 12.6. The fourth-order valence-corrected chi connectivity index (χ4v) is 4.00. The van der Waals surface area contributed by atoms with Crippen LogP contribution in [0, 0.1) is 13.8 Å². The normalized spacial score (nSPS) is 11.2. The second kappa shape index (κ2) is 8.67. The van der Waals surface area contributed by atoms with Crippen molar-refractivity contribution >= 4 is 28.6 Å².